The Labute approximate surface area is 223 Å². The highest BCUT2D eigenvalue weighted by atomic mass is 16.2. The molecular weight excluding hydrogens is 472 g/mol. The Morgan fingerprint density at radius 3 is 2.29 bits per heavy atom. The molecule has 2 aliphatic rings. The summed E-state index contributed by atoms with van der Waals surface area (Å²) in [5.41, 5.74) is 7.85. The van der Waals surface area contributed by atoms with Crippen LogP contribution in [0.2, 0.25) is 0 Å². The van der Waals surface area contributed by atoms with Crippen LogP contribution in [0.3, 0.4) is 0 Å². The van der Waals surface area contributed by atoms with Gasteiger partial charge in [-0.05, 0) is 74.6 Å². The smallest absolute Gasteiger partial charge is 0.316 e. The van der Waals surface area contributed by atoms with E-state index < -0.39 is 0 Å². The van der Waals surface area contributed by atoms with Gasteiger partial charge in [0.05, 0.1) is 17.1 Å². The third kappa shape index (κ3) is 4.26. The maximum absolute atomic E-state index is 14.3. The lowest BCUT2D eigenvalue weighted by atomic mass is 9.96. The van der Waals surface area contributed by atoms with Crippen molar-refractivity contribution in [1.82, 2.24) is 9.47 Å². The second-order valence-electron chi connectivity index (χ2n) is 10.4. The van der Waals surface area contributed by atoms with Crippen molar-refractivity contribution in [3.05, 3.63) is 113 Å². The maximum atomic E-state index is 14.3. The Bertz CT molecular complexity index is 1510. The minimum absolute atomic E-state index is 0.0127. The van der Waals surface area contributed by atoms with E-state index in [2.05, 4.69) is 41.1 Å². The molecule has 1 aliphatic heterocycles. The molecule has 6 rings (SSSR count). The van der Waals surface area contributed by atoms with Crippen LogP contribution in [0.25, 0.3) is 5.69 Å². The van der Waals surface area contributed by atoms with E-state index in [1.807, 2.05) is 79.5 Å². The molecular formula is C32H32N4O2. The van der Waals surface area contributed by atoms with Crippen molar-refractivity contribution in [1.29, 1.82) is 0 Å². The van der Waals surface area contributed by atoms with Gasteiger partial charge >= 0.3 is 6.03 Å². The third-order valence-corrected chi connectivity index (χ3v) is 7.61. The highest BCUT2D eigenvalue weighted by Crippen LogP contribution is 2.42. The number of carbonyl (C=O) groups is 2. The highest BCUT2D eigenvalue weighted by molar-refractivity contribution is 6.02. The predicted molar refractivity (Wildman–Crippen MR) is 151 cm³/mol. The number of benzene rings is 3. The van der Waals surface area contributed by atoms with Gasteiger partial charge in [0, 0.05) is 17.9 Å². The van der Waals surface area contributed by atoms with E-state index in [4.69, 9.17) is 0 Å². The quantitative estimate of drug-likeness (QED) is 0.336. The van der Waals surface area contributed by atoms with Crippen LogP contribution in [0.15, 0.2) is 85.1 Å². The van der Waals surface area contributed by atoms with Crippen molar-refractivity contribution in [3.63, 3.8) is 0 Å². The lowest BCUT2D eigenvalue weighted by Crippen LogP contribution is -2.48. The van der Waals surface area contributed by atoms with E-state index in [-0.39, 0.29) is 30.6 Å². The molecule has 192 valence electrons. The zero-order valence-corrected chi connectivity index (χ0v) is 22.0. The summed E-state index contributed by atoms with van der Waals surface area (Å²) in [6.07, 6.45) is 3.87. The van der Waals surface area contributed by atoms with Gasteiger partial charge < -0.3 is 14.8 Å². The number of para-hydroxylation sites is 3. The lowest BCUT2D eigenvalue weighted by molar-refractivity contribution is -0.119. The molecule has 1 unspecified atom stereocenters. The second kappa shape index (κ2) is 9.53. The molecule has 2 heterocycles. The zero-order valence-electron chi connectivity index (χ0n) is 22.0. The molecule has 6 nitrogen and oxygen atoms in total. The molecule has 1 saturated carbocycles. The first-order valence-electron chi connectivity index (χ1n) is 13.2. The summed E-state index contributed by atoms with van der Waals surface area (Å²) < 4.78 is 2.17. The fraction of sp³-hybridized carbons (Fsp3) is 0.250. The van der Waals surface area contributed by atoms with Crippen molar-refractivity contribution in [2.75, 3.05) is 16.8 Å². The van der Waals surface area contributed by atoms with Crippen LogP contribution >= 0.6 is 0 Å². The van der Waals surface area contributed by atoms with Gasteiger partial charge in [-0.25, -0.2) is 4.79 Å². The Hall–Kier alpha value is -4.32. The zero-order chi connectivity index (χ0) is 26.4. The minimum atomic E-state index is -0.296. The summed E-state index contributed by atoms with van der Waals surface area (Å²) in [5.74, 6) is -0.0973. The number of hydrogen-bond donors (Lipinski definition) is 1. The SMILES string of the molecule is Cc1cccc(C2c3cccn3-c3ccccc3N2C(=O)CN(C(=O)Nc2c(C)cccc2C)C2CC2)c1. The number of amides is 3. The number of aromatic nitrogens is 1. The normalized spacial score (nSPS) is 16.0. The van der Waals surface area contributed by atoms with E-state index in [0.717, 1.165) is 57.9 Å². The summed E-state index contributed by atoms with van der Waals surface area (Å²) in [4.78, 5) is 31.5. The van der Waals surface area contributed by atoms with Crippen molar-refractivity contribution in [2.45, 2.75) is 45.7 Å². The number of hydrogen-bond acceptors (Lipinski definition) is 2. The molecule has 1 atom stereocenters. The first-order valence-corrected chi connectivity index (χ1v) is 13.2. The Kier molecular flexibility index (Phi) is 6.03. The fourth-order valence-electron chi connectivity index (χ4n) is 5.58. The minimum Gasteiger partial charge on any atom is -0.316 e. The van der Waals surface area contributed by atoms with Crippen molar-refractivity contribution < 1.29 is 9.59 Å². The van der Waals surface area contributed by atoms with E-state index in [1.54, 1.807) is 4.90 Å². The molecule has 6 heteroatoms. The molecule has 1 N–H and O–H groups in total. The first kappa shape index (κ1) is 24.0. The number of fused-ring (bicyclic) bond motifs is 3. The fourth-order valence-corrected chi connectivity index (χ4v) is 5.58. The number of aryl methyl sites for hydroxylation is 3. The van der Waals surface area contributed by atoms with Crippen molar-refractivity contribution in [2.24, 2.45) is 0 Å². The van der Waals surface area contributed by atoms with Gasteiger partial charge in [-0.1, -0.05) is 60.2 Å². The highest BCUT2D eigenvalue weighted by Gasteiger charge is 2.40. The topological polar surface area (TPSA) is 57.6 Å². The molecule has 3 aromatic carbocycles. The molecule has 1 aromatic heterocycles. The molecule has 0 radical (unpaired) electrons. The van der Waals surface area contributed by atoms with E-state index in [0.29, 0.717) is 0 Å². The van der Waals surface area contributed by atoms with Crippen LogP contribution in [-0.4, -0.2) is 34.0 Å². The van der Waals surface area contributed by atoms with Crippen molar-refractivity contribution in [3.8, 4) is 5.69 Å². The van der Waals surface area contributed by atoms with Crippen LogP contribution in [0, 0.1) is 20.8 Å². The van der Waals surface area contributed by atoms with Gasteiger partial charge in [0.1, 0.15) is 12.6 Å². The van der Waals surface area contributed by atoms with Crippen LogP contribution < -0.4 is 10.2 Å². The summed E-state index contributed by atoms with van der Waals surface area (Å²) in [6.45, 7) is 6.06. The molecule has 1 fully saturated rings. The van der Waals surface area contributed by atoms with Gasteiger partial charge in [0.25, 0.3) is 0 Å². The number of nitrogens with zero attached hydrogens (tertiary/aromatic N) is 3. The van der Waals surface area contributed by atoms with Crippen LogP contribution in [-0.2, 0) is 4.79 Å². The van der Waals surface area contributed by atoms with Crippen LogP contribution in [0.5, 0.6) is 0 Å². The molecule has 1 aliphatic carbocycles. The molecule has 38 heavy (non-hydrogen) atoms. The third-order valence-electron chi connectivity index (χ3n) is 7.61. The van der Waals surface area contributed by atoms with Gasteiger partial charge in [0.2, 0.25) is 5.91 Å². The Morgan fingerprint density at radius 2 is 1.58 bits per heavy atom. The average molecular weight is 505 g/mol. The number of carbonyl (C=O) groups excluding carboxylic acids is 2. The largest absolute Gasteiger partial charge is 0.322 e. The second-order valence-corrected chi connectivity index (χ2v) is 10.4. The number of urea groups is 1. The Morgan fingerprint density at radius 1 is 0.868 bits per heavy atom. The molecule has 4 aromatic rings. The average Bonchev–Trinajstić information content (AvgIpc) is 3.63. The monoisotopic (exact) mass is 504 g/mol. The maximum Gasteiger partial charge on any atom is 0.322 e. The number of anilines is 2. The molecule has 0 spiro atoms. The molecule has 0 saturated heterocycles. The molecule has 3 amide bonds. The number of rotatable bonds is 5. The molecule has 0 bridgehead atoms. The Balaban J connectivity index is 1.37. The van der Waals surface area contributed by atoms with Crippen LogP contribution in [0.4, 0.5) is 16.2 Å². The first-order chi connectivity index (χ1) is 18.4. The standard InChI is InChI=1S/C32H32N4O2/c1-21-9-6-12-24(19-21)31-28-15-8-18-34(28)26-13-4-5-14-27(26)36(31)29(37)20-35(25-16-17-25)32(38)33-30-22(2)10-7-11-23(30)3/h4-15,18-19,25,31H,16-17,20H2,1-3H3,(H,33,38). The number of nitrogens with one attached hydrogen (secondary N) is 1. The van der Waals surface area contributed by atoms with Gasteiger partial charge in [-0.2, -0.15) is 0 Å². The van der Waals surface area contributed by atoms with Gasteiger partial charge in [-0.3, -0.25) is 9.69 Å². The summed E-state index contributed by atoms with van der Waals surface area (Å²) in [5, 5.41) is 3.10. The van der Waals surface area contributed by atoms with E-state index >= 15 is 0 Å². The van der Waals surface area contributed by atoms with Crippen molar-refractivity contribution >= 4 is 23.3 Å². The van der Waals surface area contributed by atoms with Crippen LogP contribution in [0.1, 0.15) is 46.8 Å². The van der Waals surface area contributed by atoms with Gasteiger partial charge in [0.15, 0.2) is 0 Å². The summed E-state index contributed by atoms with van der Waals surface area (Å²) >= 11 is 0. The van der Waals surface area contributed by atoms with Gasteiger partial charge in [-0.15, -0.1) is 0 Å². The van der Waals surface area contributed by atoms with E-state index in [1.165, 1.54) is 0 Å². The van der Waals surface area contributed by atoms with E-state index in [9.17, 15) is 9.59 Å². The summed E-state index contributed by atoms with van der Waals surface area (Å²) in [6, 6.07) is 25.9. The summed E-state index contributed by atoms with van der Waals surface area (Å²) in [7, 11) is 0. The predicted octanol–water partition coefficient (Wildman–Crippen LogP) is 6.54. The lowest BCUT2D eigenvalue weighted by Gasteiger charge is -2.39.